The second-order valence-electron chi connectivity index (χ2n) is 6.35. The Hall–Kier alpha value is -1.13. The Morgan fingerprint density at radius 3 is 3.00 bits per heavy atom. The molecule has 0 saturated carbocycles. The van der Waals surface area contributed by atoms with Gasteiger partial charge in [0.15, 0.2) is 0 Å². The van der Waals surface area contributed by atoms with Crippen molar-refractivity contribution in [3.05, 3.63) is 24.0 Å². The van der Waals surface area contributed by atoms with Gasteiger partial charge in [-0.3, -0.25) is 9.88 Å². The molecule has 0 aliphatic carbocycles. The lowest BCUT2D eigenvalue weighted by Gasteiger charge is -2.30. The Balaban J connectivity index is 2.02. The number of nitrogens with one attached hydrogen (secondary N) is 1. The zero-order valence-corrected chi connectivity index (χ0v) is 14.0. The summed E-state index contributed by atoms with van der Waals surface area (Å²) >= 11 is 0. The van der Waals surface area contributed by atoms with E-state index in [1.807, 2.05) is 12.4 Å². The number of pyridine rings is 1. The molecule has 2 rings (SSSR count). The molecule has 1 fully saturated rings. The first kappa shape index (κ1) is 16.2. The van der Waals surface area contributed by atoms with E-state index in [1.165, 1.54) is 30.6 Å². The molecule has 0 bridgehead atoms. The first-order chi connectivity index (χ1) is 10.1. The van der Waals surface area contributed by atoms with Gasteiger partial charge >= 0.3 is 0 Å². The second-order valence-corrected chi connectivity index (χ2v) is 6.35. The summed E-state index contributed by atoms with van der Waals surface area (Å²) in [5, 5.41) is 3.49. The van der Waals surface area contributed by atoms with Crippen LogP contribution in [0.25, 0.3) is 0 Å². The van der Waals surface area contributed by atoms with E-state index >= 15 is 0 Å². The summed E-state index contributed by atoms with van der Waals surface area (Å²) in [7, 11) is 2.21. The number of rotatable bonds is 7. The summed E-state index contributed by atoms with van der Waals surface area (Å²) in [4.78, 5) is 9.29. The largest absolute Gasteiger partial charge is 0.373 e. The van der Waals surface area contributed by atoms with Gasteiger partial charge in [-0.15, -0.1) is 0 Å². The first-order valence-electron chi connectivity index (χ1n) is 8.23. The molecule has 0 amide bonds. The Bertz CT molecular complexity index is 433. The molecular formula is C17H30N4. The normalized spacial score (nSPS) is 19.4. The van der Waals surface area contributed by atoms with Gasteiger partial charge in [-0.1, -0.05) is 20.8 Å². The minimum absolute atomic E-state index is 0.494. The van der Waals surface area contributed by atoms with Crippen LogP contribution >= 0.6 is 0 Å². The van der Waals surface area contributed by atoms with Gasteiger partial charge in [-0.25, -0.2) is 0 Å². The van der Waals surface area contributed by atoms with Crippen LogP contribution in [0.2, 0.25) is 0 Å². The number of anilines is 1. The van der Waals surface area contributed by atoms with Gasteiger partial charge in [0.25, 0.3) is 0 Å². The highest BCUT2D eigenvalue weighted by atomic mass is 15.2. The predicted octanol–water partition coefficient (Wildman–Crippen LogP) is 2.50. The molecule has 1 aliphatic heterocycles. The lowest BCUT2D eigenvalue weighted by molar-refractivity contribution is 0.270. The quantitative estimate of drug-likeness (QED) is 0.836. The molecule has 1 unspecified atom stereocenters. The molecule has 4 nitrogen and oxygen atoms in total. The van der Waals surface area contributed by atoms with Crippen molar-refractivity contribution in [3.63, 3.8) is 0 Å². The van der Waals surface area contributed by atoms with E-state index in [0.29, 0.717) is 12.1 Å². The van der Waals surface area contributed by atoms with Crippen LogP contribution in [0.1, 0.15) is 39.2 Å². The second kappa shape index (κ2) is 7.76. The Labute approximate surface area is 129 Å². The summed E-state index contributed by atoms with van der Waals surface area (Å²) in [6.07, 6.45) is 6.55. The molecule has 1 aromatic heterocycles. The van der Waals surface area contributed by atoms with E-state index in [4.69, 9.17) is 0 Å². The first-order valence-corrected chi connectivity index (χ1v) is 8.23. The van der Waals surface area contributed by atoms with Crippen LogP contribution in [-0.2, 0) is 6.54 Å². The van der Waals surface area contributed by atoms with Gasteiger partial charge < -0.3 is 10.2 Å². The van der Waals surface area contributed by atoms with Crippen LogP contribution in [0.15, 0.2) is 18.5 Å². The molecule has 0 aromatic carbocycles. The molecule has 21 heavy (non-hydrogen) atoms. The van der Waals surface area contributed by atoms with Gasteiger partial charge in [0.1, 0.15) is 0 Å². The molecule has 2 heterocycles. The van der Waals surface area contributed by atoms with Crippen LogP contribution in [0.5, 0.6) is 0 Å². The van der Waals surface area contributed by atoms with Crippen molar-refractivity contribution in [3.8, 4) is 0 Å². The summed E-state index contributed by atoms with van der Waals surface area (Å²) in [6, 6.07) is 3.33. The third-order valence-electron chi connectivity index (χ3n) is 4.38. The number of likely N-dealkylation sites (N-methyl/N-ethyl adjacent to an activating group) is 2. The molecule has 1 N–H and O–H groups in total. The topological polar surface area (TPSA) is 31.4 Å². The van der Waals surface area contributed by atoms with Crippen LogP contribution < -0.4 is 10.2 Å². The number of hydrogen-bond donors (Lipinski definition) is 1. The lowest BCUT2D eigenvalue weighted by atomic mass is 10.1. The third kappa shape index (κ3) is 4.42. The summed E-state index contributed by atoms with van der Waals surface area (Å²) in [6.45, 7) is 11.0. The molecular weight excluding hydrogens is 260 g/mol. The van der Waals surface area contributed by atoms with E-state index < -0.39 is 0 Å². The van der Waals surface area contributed by atoms with Crippen LogP contribution in [0, 0.1) is 0 Å². The van der Waals surface area contributed by atoms with Crippen molar-refractivity contribution in [1.82, 2.24) is 15.2 Å². The maximum Gasteiger partial charge on any atom is 0.0440 e. The van der Waals surface area contributed by atoms with Gasteiger partial charge in [0.2, 0.25) is 0 Å². The van der Waals surface area contributed by atoms with Gasteiger partial charge in [-0.05, 0) is 32.0 Å². The van der Waals surface area contributed by atoms with Crippen LogP contribution in [-0.4, -0.2) is 48.6 Å². The molecule has 1 saturated heterocycles. The lowest BCUT2D eigenvalue weighted by Crippen LogP contribution is -2.39. The van der Waals surface area contributed by atoms with Crippen molar-refractivity contribution < 1.29 is 0 Å². The van der Waals surface area contributed by atoms with Crippen molar-refractivity contribution in [2.75, 3.05) is 31.6 Å². The number of likely N-dealkylation sites (tertiary alicyclic amines) is 1. The number of aromatic nitrogens is 1. The zero-order chi connectivity index (χ0) is 15.2. The third-order valence-corrected chi connectivity index (χ3v) is 4.38. The van der Waals surface area contributed by atoms with E-state index in [-0.39, 0.29) is 0 Å². The molecule has 1 aromatic rings. The maximum atomic E-state index is 4.29. The van der Waals surface area contributed by atoms with Crippen LogP contribution in [0.4, 0.5) is 5.69 Å². The minimum atomic E-state index is 0.494. The number of nitrogens with zero attached hydrogens (tertiary/aromatic N) is 3. The fourth-order valence-corrected chi connectivity index (χ4v) is 3.18. The van der Waals surface area contributed by atoms with Crippen LogP contribution in [0.3, 0.4) is 0 Å². The average molecular weight is 290 g/mol. The molecule has 118 valence electrons. The van der Waals surface area contributed by atoms with Gasteiger partial charge in [-0.2, -0.15) is 0 Å². The molecule has 1 aliphatic rings. The predicted molar refractivity (Wildman–Crippen MR) is 89.8 cm³/mol. The highest BCUT2D eigenvalue weighted by Gasteiger charge is 2.24. The van der Waals surface area contributed by atoms with Crippen molar-refractivity contribution in [2.45, 2.75) is 52.2 Å². The SMILES string of the molecule is CCN1CCCC1CN(C)c1ccncc1CNC(C)C. The Kier molecular flexibility index (Phi) is 6.00. The molecule has 1 atom stereocenters. The van der Waals surface area contributed by atoms with E-state index in [0.717, 1.165) is 19.6 Å². The summed E-state index contributed by atoms with van der Waals surface area (Å²) < 4.78 is 0. The highest BCUT2D eigenvalue weighted by Crippen LogP contribution is 2.22. The summed E-state index contributed by atoms with van der Waals surface area (Å²) in [5.74, 6) is 0. The van der Waals surface area contributed by atoms with Crippen molar-refractivity contribution in [1.29, 1.82) is 0 Å². The Morgan fingerprint density at radius 1 is 1.48 bits per heavy atom. The Morgan fingerprint density at radius 2 is 2.29 bits per heavy atom. The van der Waals surface area contributed by atoms with Gasteiger partial charge in [0.05, 0.1) is 0 Å². The molecule has 4 heteroatoms. The van der Waals surface area contributed by atoms with E-state index in [9.17, 15) is 0 Å². The van der Waals surface area contributed by atoms with Crippen molar-refractivity contribution in [2.24, 2.45) is 0 Å². The highest BCUT2D eigenvalue weighted by molar-refractivity contribution is 5.51. The zero-order valence-electron chi connectivity index (χ0n) is 14.0. The van der Waals surface area contributed by atoms with E-state index in [1.54, 1.807) is 0 Å². The standard InChI is InChI=1S/C17H30N4/c1-5-21-10-6-7-16(21)13-20(4)17-8-9-18-11-15(17)12-19-14(2)3/h8-9,11,14,16,19H,5-7,10,12-13H2,1-4H3. The average Bonchev–Trinajstić information content (AvgIpc) is 2.92. The fourth-order valence-electron chi connectivity index (χ4n) is 3.18. The molecule has 0 radical (unpaired) electrons. The fraction of sp³-hybridized carbons (Fsp3) is 0.706. The minimum Gasteiger partial charge on any atom is -0.373 e. The maximum absolute atomic E-state index is 4.29. The summed E-state index contributed by atoms with van der Waals surface area (Å²) in [5.41, 5.74) is 2.59. The number of hydrogen-bond acceptors (Lipinski definition) is 4. The monoisotopic (exact) mass is 290 g/mol. The smallest absolute Gasteiger partial charge is 0.0440 e. The van der Waals surface area contributed by atoms with Crippen molar-refractivity contribution >= 4 is 5.69 Å². The van der Waals surface area contributed by atoms with E-state index in [2.05, 4.69) is 54.0 Å². The molecule has 0 spiro atoms. The van der Waals surface area contributed by atoms with Gasteiger partial charge in [0, 0.05) is 55.9 Å².